The highest BCUT2D eigenvalue weighted by Crippen LogP contribution is 2.26. The van der Waals surface area contributed by atoms with Crippen molar-refractivity contribution < 1.29 is 4.79 Å². The quantitative estimate of drug-likeness (QED) is 0.615. The third kappa shape index (κ3) is 4.61. The van der Waals surface area contributed by atoms with Crippen LogP contribution in [0.4, 0.5) is 16.3 Å². The highest BCUT2D eigenvalue weighted by Gasteiger charge is 2.21. The van der Waals surface area contributed by atoms with Crippen LogP contribution in [0.1, 0.15) is 11.1 Å². The van der Waals surface area contributed by atoms with Crippen LogP contribution >= 0.6 is 23.2 Å². The molecule has 0 unspecified atom stereocenters. The lowest BCUT2D eigenvalue weighted by Gasteiger charge is -2.23. The first-order valence-electron chi connectivity index (χ1n) is 8.52. The fraction of sp³-hybridized carbons (Fsp3) is 0.0952. The van der Waals surface area contributed by atoms with Crippen molar-refractivity contribution in [2.24, 2.45) is 0 Å². The number of hydrogen-bond donors (Lipinski definition) is 1. The summed E-state index contributed by atoms with van der Waals surface area (Å²) in [6.07, 6.45) is 2.09. The van der Waals surface area contributed by atoms with Crippen molar-refractivity contribution in [3.8, 4) is 6.07 Å². The lowest BCUT2D eigenvalue weighted by atomic mass is 10.1. The second-order valence-electron chi connectivity index (χ2n) is 5.87. The van der Waals surface area contributed by atoms with Gasteiger partial charge in [0.25, 0.3) is 0 Å². The van der Waals surface area contributed by atoms with Crippen molar-refractivity contribution in [1.29, 1.82) is 5.26 Å². The summed E-state index contributed by atoms with van der Waals surface area (Å²) in [5.74, 6) is 0.276. The summed E-state index contributed by atoms with van der Waals surface area (Å²) in [4.78, 5) is 18.6. The number of amides is 2. The summed E-state index contributed by atoms with van der Waals surface area (Å²) < 4.78 is 0. The molecule has 0 aliphatic heterocycles. The summed E-state index contributed by atoms with van der Waals surface area (Å²) in [5, 5.41) is 13.4. The minimum atomic E-state index is -0.383. The molecule has 2 aromatic carbocycles. The second-order valence-corrected chi connectivity index (χ2v) is 6.72. The van der Waals surface area contributed by atoms with E-state index in [2.05, 4.69) is 16.4 Å². The molecule has 0 bridgehead atoms. The van der Waals surface area contributed by atoms with Gasteiger partial charge in [-0.05, 0) is 48.4 Å². The first-order valence-corrected chi connectivity index (χ1v) is 9.28. The first-order chi connectivity index (χ1) is 13.6. The molecule has 0 saturated carbocycles. The molecule has 140 valence electrons. The summed E-state index contributed by atoms with van der Waals surface area (Å²) in [6.45, 7) is 0.359. The molecule has 0 aliphatic carbocycles. The zero-order valence-electron chi connectivity index (χ0n) is 14.8. The van der Waals surface area contributed by atoms with Gasteiger partial charge in [0.1, 0.15) is 6.07 Å². The number of aromatic nitrogens is 1. The van der Waals surface area contributed by atoms with Gasteiger partial charge in [-0.1, -0.05) is 47.5 Å². The highest BCUT2D eigenvalue weighted by molar-refractivity contribution is 6.35. The smallest absolute Gasteiger partial charge is 0.327 e. The van der Waals surface area contributed by atoms with Crippen molar-refractivity contribution in [3.05, 3.63) is 88.0 Å². The van der Waals surface area contributed by atoms with Gasteiger partial charge in [-0.25, -0.2) is 14.7 Å². The van der Waals surface area contributed by atoms with Crippen molar-refractivity contribution in [3.63, 3.8) is 0 Å². The molecule has 7 heteroatoms. The largest absolute Gasteiger partial charge is 0.337 e. The Balaban J connectivity index is 1.80. The van der Waals surface area contributed by atoms with E-state index in [4.69, 9.17) is 23.2 Å². The summed E-state index contributed by atoms with van der Waals surface area (Å²) in [6, 6.07) is 19.3. The van der Waals surface area contributed by atoms with Crippen molar-refractivity contribution in [1.82, 2.24) is 10.3 Å². The Morgan fingerprint density at radius 3 is 2.61 bits per heavy atom. The Bertz CT molecular complexity index is 1020. The number of benzene rings is 2. The molecule has 0 aliphatic rings. The Morgan fingerprint density at radius 2 is 1.89 bits per heavy atom. The van der Waals surface area contributed by atoms with Gasteiger partial charge in [-0.15, -0.1) is 0 Å². The van der Waals surface area contributed by atoms with E-state index in [0.29, 0.717) is 34.3 Å². The van der Waals surface area contributed by atoms with Gasteiger partial charge in [-0.3, -0.25) is 0 Å². The number of carbonyl (C=O) groups excluding carboxylic acids is 1. The number of para-hydroxylation sites is 1. The fourth-order valence-electron chi connectivity index (χ4n) is 2.68. The summed E-state index contributed by atoms with van der Waals surface area (Å²) >= 11 is 12.1. The predicted octanol–water partition coefficient (Wildman–Crippen LogP) is 5.35. The Hall–Kier alpha value is -3.07. The summed E-state index contributed by atoms with van der Waals surface area (Å²) in [7, 11) is 0. The molecule has 2 amide bonds. The minimum absolute atomic E-state index is 0.276. The van der Waals surface area contributed by atoms with Gasteiger partial charge in [0.15, 0.2) is 5.82 Å². The van der Waals surface area contributed by atoms with Crippen LogP contribution < -0.4 is 10.2 Å². The number of nitriles is 1. The van der Waals surface area contributed by atoms with Gasteiger partial charge >= 0.3 is 6.03 Å². The molecule has 28 heavy (non-hydrogen) atoms. The van der Waals surface area contributed by atoms with E-state index in [1.807, 2.05) is 24.3 Å². The molecule has 0 spiro atoms. The number of nitrogens with one attached hydrogen (secondary N) is 1. The molecule has 0 saturated heterocycles. The monoisotopic (exact) mass is 410 g/mol. The van der Waals surface area contributed by atoms with Gasteiger partial charge in [-0.2, -0.15) is 5.26 Å². The SMILES string of the molecule is N#Cc1cccnc1N(C(=O)NCCc1ccc(Cl)cc1Cl)c1ccccc1. The normalized spacial score (nSPS) is 10.2. The van der Waals surface area contributed by atoms with Gasteiger partial charge < -0.3 is 5.32 Å². The van der Waals surface area contributed by atoms with Crippen molar-refractivity contribution >= 4 is 40.7 Å². The highest BCUT2D eigenvalue weighted by atomic mass is 35.5. The molecule has 0 radical (unpaired) electrons. The van der Waals surface area contributed by atoms with E-state index in [0.717, 1.165) is 5.56 Å². The van der Waals surface area contributed by atoms with E-state index in [1.165, 1.54) is 4.90 Å². The fourth-order valence-corrected chi connectivity index (χ4v) is 3.19. The average molecular weight is 411 g/mol. The maximum atomic E-state index is 13.0. The van der Waals surface area contributed by atoms with Gasteiger partial charge in [0.2, 0.25) is 0 Å². The van der Waals surface area contributed by atoms with E-state index >= 15 is 0 Å². The standard InChI is InChI=1S/C21H16Cl2N4O/c22-17-9-8-15(19(23)13-17)10-12-26-21(28)27(18-6-2-1-3-7-18)20-16(14-24)5-4-11-25-20/h1-9,11,13H,10,12H2,(H,26,28). The van der Waals surface area contributed by atoms with E-state index in [-0.39, 0.29) is 11.8 Å². The second kappa shape index (κ2) is 9.23. The number of carbonyl (C=O) groups is 1. The van der Waals surface area contributed by atoms with Gasteiger partial charge in [0.05, 0.1) is 11.3 Å². The Morgan fingerprint density at radius 1 is 1.11 bits per heavy atom. The molecule has 0 fully saturated rings. The summed E-state index contributed by atoms with van der Waals surface area (Å²) in [5.41, 5.74) is 1.80. The van der Waals surface area contributed by atoms with Crippen LogP contribution in [0.5, 0.6) is 0 Å². The molecule has 0 atom stereocenters. The molecule has 3 aromatic rings. The predicted molar refractivity (Wildman–Crippen MR) is 111 cm³/mol. The van der Waals surface area contributed by atoms with Gasteiger partial charge in [0, 0.05) is 22.8 Å². The number of rotatable bonds is 5. The lowest BCUT2D eigenvalue weighted by Crippen LogP contribution is -2.38. The molecule has 1 N–H and O–H groups in total. The van der Waals surface area contributed by atoms with E-state index < -0.39 is 0 Å². The Kier molecular flexibility index (Phi) is 6.49. The number of hydrogen-bond acceptors (Lipinski definition) is 3. The maximum absolute atomic E-state index is 13.0. The van der Waals surface area contributed by atoms with Crippen LogP contribution in [0, 0.1) is 11.3 Å². The average Bonchev–Trinajstić information content (AvgIpc) is 2.71. The third-order valence-electron chi connectivity index (χ3n) is 4.02. The zero-order valence-corrected chi connectivity index (χ0v) is 16.3. The topological polar surface area (TPSA) is 69.0 Å². The number of urea groups is 1. The van der Waals surface area contributed by atoms with Crippen LogP contribution in [0.3, 0.4) is 0 Å². The zero-order chi connectivity index (χ0) is 19.9. The van der Waals surface area contributed by atoms with Crippen LogP contribution in [-0.4, -0.2) is 17.6 Å². The van der Waals surface area contributed by atoms with E-state index in [1.54, 1.807) is 42.6 Å². The third-order valence-corrected chi connectivity index (χ3v) is 4.61. The maximum Gasteiger partial charge on any atom is 0.327 e. The van der Waals surface area contributed by atoms with Crippen LogP contribution in [0.15, 0.2) is 66.9 Å². The van der Waals surface area contributed by atoms with Crippen molar-refractivity contribution in [2.45, 2.75) is 6.42 Å². The lowest BCUT2D eigenvalue weighted by molar-refractivity contribution is 0.248. The van der Waals surface area contributed by atoms with Crippen LogP contribution in [0.25, 0.3) is 0 Å². The first kappa shape index (κ1) is 19.7. The molecule has 3 rings (SSSR count). The molecule has 5 nitrogen and oxygen atoms in total. The molecular weight excluding hydrogens is 395 g/mol. The number of anilines is 2. The van der Waals surface area contributed by atoms with Crippen LogP contribution in [0.2, 0.25) is 10.0 Å². The number of halogens is 2. The Labute approximate surface area is 173 Å². The van der Waals surface area contributed by atoms with E-state index in [9.17, 15) is 10.1 Å². The van der Waals surface area contributed by atoms with Crippen molar-refractivity contribution in [2.75, 3.05) is 11.4 Å². The number of nitrogens with zero attached hydrogens (tertiary/aromatic N) is 3. The van der Waals surface area contributed by atoms with Crippen LogP contribution in [-0.2, 0) is 6.42 Å². The molecular formula is C21H16Cl2N4O. The molecule has 1 heterocycles. The number of pyridine rings is 1. The molecule has 1 aromatic heterocycles. The minimum Gasteiger partial charge on any atom is -0.337 e.